The maximum Gasteiger partial charge on any atom is 0.464 e. The SMILES string of the molecule is C=CC(C)B1OC(C)(C)C(C)(C)O1. The third kappa shape index (κ3) is 1.81. The second-order valence-corrected chi connectivity index (χ2v) is 4.72. The minimum absolute atomic E-state index is 0.150. The number of hydrogen-bond acceptors (Lipinski definition) is 2. The molecule has 0 saturated carbocycles. The lowest BCUT2D eigenvalue weighted by Crippen LogP contribution is -2.41. The zero-order valence-corrected chi connectivity index (χ0v) is 9.26. The molecule has 0 aromatic heterocycles. The van der Waals surface area contributed by atoms with Gasteiger partial charge in [0, 0.05) is 5.82 Å². The van der Waals surface area contributed by atoms with Gasteiger partial charge in [0.05, 0.1) is 11.2 Å². The van der Waals surface area contributed by atoms with Crippen molar-refractivity contribution in [1.29, 1.82) is 0 Å². The first kappa shape index (κ1) is 10.8. The van der Waals surface area contributed by atoms with Gasteiger partial charge in [-0.3, -0.25) is 0 Å². The van der Waals surface area contributed by atoms with Crippen LogP contribution in [0.1, 0.15) is 34.6 Å². The highest BCUT2D eigenvalue weighted by atomic mass is 16.7. The van der Waals surface area contributed by atoms with E-state index in [2.05, 4.69) is 41.2 Å². The first-order valence-electron chi connectivity index (χ1n) is 4.78. The molecule has 1 aliphatic rings. The zero-order valence-electron chi connectivity index (χ0n) is 9.26. The van der Waals surface area contributed by atoms with Crippen molar-refractivity contribution in [2.75, 3.05) is 0 Å². The normalized spacial score (nSPS) is 27.3. The van der Waals surface area contributed by atoms with Gasteiger partial charge in [-0.05, 0) is 27.7 Å². The Kier molecular flexibility index (Phi) is 2.61. The molecular weight excluding hydrogens is 163 g/mol. The quantitative estimate of drug-likeness (QED) is 0.482. The minimum atomic E-state index is -0.227. The van der Waals surface area contributed by atoms with E-state index >= 15 is 0 Å². The largest absolute Gasteiger partial charge is 0.464 e. The van der Waals surface area contributed by atoms with Gasteiger partial charge >= 0.3 is 7.12 Å². The van der Waals surface area contributed by atoms with Gasteiger partial charge in [0.15, 0.2) is 0 Å². The Morgan fingerprint density at radius 3 is 1.85 bits per heavy atom. The Morgan fingerprint density at radius 2 is 1.54 bits per heavy atom. The van der Waals surface area contributed by atoms with Gasteiger partial charge in [-0.15, -0.1) is 6.58 Å². The maximum atomic E-state index is 5.82. The van der Waals surface area contributed by atoms with Crippen molar-refractivity contribution in [1.82, 2.24) is 0 Å². The van der Waals surface area contributed by atoms with E-state index < -0.39 is 0 Å². The van der Waals surface area contributed by atoms with Crippen molar-refractivity contribution in [3.63, 3.8) is 0 Å². The molecule has 0 aliphatic carbocycles. The van der Waals surface area contributed by atoms with E-state index in [0.29, 0.717) is 0 Å². The molecule has 74 valence electrons. The molecule has 0 spiro atoms. The Bertz CT molecular complexity index is 195. The fourth-order valence-electron chi connectivity index (χ4n) is 1.21. The lowest BCUT2D eigenvalue weighted by Gasteiger charge is -2.32. The molecule has 1 heterocycles. The van der Waals surface area contributed by atoms with E-state index in [1.165, 1.54) is 0 Å². The predicted molar refractivity (Wildman–Crippen MR) is 55.7 cm³/mol. The molecular formula is C10H19BO2. The van der Waals surface area contributed by atoms with E-state index in [9.17, 15) is 0 Å². The molecule has 0 aromatic carbocycles. The Hall–Kier alpha value is -0.275. The lowest BCUT2D eigenvalue weighted by molar-refractivity contribution is 0.00578. The van der Waals surface area contributed by atoms with E-state index in [1.54, 1.807) is 0 Å². The van der Waals surface area contributed by atoms with Crippen molar-refractivity contribution < 1.29 is 9.31 Å². The monoisotopic (exact) mass is 182 g/mol. The smallest absolute Gasteiger partial charge is 0.403 e. The Morgan fingerprint density at radius 1 is 1.15 bits per heavy atom. The van der Waals surface area contributed by atoms with Gasteiger partial charge in [-0.1, -0.05) is 13.0 Å². The van der Waals surface area contributed by atoms with Gasteiger partial charge in [-0.25, -0.2) is 0 Å². The molecule has 3 heteroatoms. The highest BCUT2D eigenvalue weighted by Crippen LogP contribution is 2.39. The van der Waals surface area contributed by atoms with Crippen LogP contribution >= 0.6 is 0 Å². The van der Waals surface area contributed by atoms with E-state index in [0.717, 1.165) is 0 Å². The van der Waals surface area contributed by atoms with Crippen LogP contribution < -0.4 is 0 Å². The van der Waals surface area contributed by atoms with Gasteiger partial charge in [0.2, 0.25) is 0 Å². The van der Waals surface area contributed by atoms with Crippen LogP contribution in [0, 0.1) is 0 Å². The Balaban J connectivity index is 2.76. The molecule has 1 saturated heterocycles. The number of allylic oxidation sites excluding steroid dienone is 1. The fraction of sp³-hybridized carbons (Fsp3) is 0.800. The highest BCUT2D eigenvalue weighted by molar-refractivity contribution is 6.48. The second kappa shape index (κ2) is 3.14. The van der Waals surface area contributed by atoms with Gasteiger partial charge in [0.25, 0.3) is 0 Å². The van der Waals surface area contributed by atoms with E-state index in [-0.39, 0.29) is 24.1 Å². The third-order valence-corrected chi connectivity index (χ3v) is 3.07. The third-order valence-electron chi connectivity index (χ3n) is 3.07. The number of hydrogen-bond donors (Lipinski definition) is 0. The van der Waals surface area contributed by atoms with Crippen molar-refractivity contribution in [3.8, 4) is 0 Å². The maximum absolute atomic E-state index is 5.82. The first-order valence-corrected chi connectivity index (χ1v) is 4.78. The summed E-state index contributed by atoms with van der Waals surface area (Å²) >= 11 is 0. The molecule has 1 aliphatic heterocycles. The number of rotatable bonds is 2. The summed E-state index contributed by atoms with van der Waals surface area (Å²) in [4.78, 5) is 0. The fourth-order valence-corrected chi connectivity index (χ4v) is 1.21. The van der Waals surface area contributed by atoms with Crippen LogP contribution in [0.3, 0.4) is 0 Å². The summed E-state index contributed by atoms with van der Waals surface area (Å²) in [6.45, 7) is 14.0. The van der Waals surface area contributed by atoms with Gasteiger partial charge in [0.1, 0.15) is 0 Å². The molecule has 0 amide bonds. The van der Waals surface area contributed by atoms with Crippen LogP contribution in [-0.4, -0.2) is 18.3 Å². The molecule has 2 nitrogen and oxygen atoms in total. The minimum Gasteiger partial charge on any atom is -0.403 e. The molecule has 1 rings (SSSR count). The molecule has 1 unspecified atom stereocenters. The van der Waals surface area contributed by atoms with Crippen LogP contribution in [-0.2, 0) is 9.31 Å². The molecule has 0 bridgehead atoms. The van der Waals surface area contributed by atoms with Crippen LogP contribution in [0.4, 0.5) is 0 Å². The van der Waals surface area contributed by atoms with E-state index in [1.807, 2.05) is 6.08 Å². The van der Waals surface area contributed by atoms with Crippen molar-refractivity contribution in [3.05, 3.63) is 12.7 Å². The summed E-state index contributed by atoms with van der Waals surface area (Å²) in [5.74, 6) is 0.237. The molecule has 0 aromatic rings. The molecule has 0 N–H and O–H groups in total. The summed E-state index contributed by atoms with van der Waals surface area (Å²) in [7, 11) is -0.150. The van der Waals surface area contributed by atoms with E-state index in [4.69, 9.17) is 9.31 Å². The van der Waals surface area contributed by atoms with Gasteiger partial charge < -0.3 is 9.31 Å². The van der Waals surface area contributed by atoms with Crippen molar-refractivity contribution in [2.45, 2.75) is 51.6 Å². The van der Waals surface area contributed by atoms with Gasteiger partial charge in [-0.2, -0.15) is 0 Å². The second-order valence-electron chi connectivity index (χ2n) is 4.72. The molecule has 13 heavy (non-hydrogen) atoms. The van der Waals surface area contributed by atoms with Crippen LogP contribution in [0.5, 0.6) is 0 Å². The molecule has 0 radical (unpaired) electrons. The summed E-state index contributed by atoms with van der Waals surface area (Å²) in [5.41, 5.74) is -0.454. The van der Waals surface area contributed by atoms with Crippen LogP contribution in [0.15, 0.2) is 12.7 Å². The van der Waals surface area contributed by atoms with Crippen LogP contribution in [0.25, 0.3) is 0 Å². The summed E-state index contributed by atoms with van der Waals surface area (Å²) < 4.78 is 11.6. The standard InChI is InChI=1S/C10H19BO2/c1-7-8(2)11-12-9(3,4)10(5,6)13-11/h7-8H,1H2,2-6H3. The predicted octanol–water partition coefficient (Wildman–Crippen LogP) is 2.65. The average molecular weight is 182 g/mol. The van der Waals surface area contributed by atoms with Crippen molar-refractivity contribution in [2.24, 2.45) is 0 Å². The summed E-state index contributed by atoms with van der Waals surface area (Å²) in [6.07, 6.45) is 1.86. The van der Waals surface area contributed by atoms with Crippen molar-refractivity contribution >= 4 is 7.12 Å². The topological polar surface area (TPSA) is 18.5 Å². The summed E-state index contributed by atoms with van der Waals surface area (Å²) in [5, 5.41) is 0. The highest BCUT2D eigenvalue weighted by Gasteiger charge is 2.52. The summed E-state index contributed by atoms with van der Waals surface area (Å²) in [6, 6.07) is 0. The first-order chi connectivity index (χ1) is 5.80. The molecule has 1 fully saturated rings. The molecule has 1 atom stereocenters. The average Bonchev–Trinajstić information content (AvgIpc) is 2.20. The lowest BCUT2D eigenvalue weighted by atomic mass is 9.73. The zero-order chi connectivity index (χ0) is 10.3. The van der Waals surface area contributed by atoms with Crippen LogP contribution in [0.2, 0.25) is 5.82 Å². The Labute approximate surface area is 81.4 Å².